The average molecular weight is 269 g/mol. The molecule has 0 unspecified atom stereocenters. The van der Waals surface area contributed by atoms with Crippen molar-refractivity contribution in [1.82, 2.24) is 9.97 Å². The highest BCUT2D eigenvalue weighted by molar-refractivity contribution is 7.09. The highest BCUT2D eigenvalue weighted by atomic mass is 32.1. The maximum Gasteiger partial charge on any atom is 0.0901 e. The van der Waals surface area contributed by atoms with E-state index in [1.165, 1.54) is 5.56 Å². The van der Waals surface area contributed by atoms with E-state index in [2.05, 4.69) is 51.0 Å². The number of hydrogen-bond acceptors (Lipinski definition) is 3. The Morgan fingerprint density at radius 1 is 1.21 bits per heavy atom. The van der Waals surface area contributed by atoms with Crippen molar-refractivity contribution in [3.63, 3.8) is 0 Å². The number of rotatable bonds is 4. The predicted octanol–water partition coefficient (Wildman–Crippen LogP) is 4.06. The Hall–Kier alpha value is -2.07. The molecular weight excluding hydrogens is 254 g/mol. The summed E-state index contributed by atoms with van der Waals surface area (Å²) in [5, 5.41) is 6.59. The first-order valence-electron chi connectivity index (χ1n) is 6.19. The third kappa shape index (κ3) is 2.85. The normalized spacial score (nSPS) is 10.6. The first-order chi connectivity index (χ1) is 9.31. The molecule has 96 valence electrons. The second-order valence-corrected chi connectivity index (χ2v) is 5.46. The molecule has 4 heteroatoms. The van der Waals surface area contributed by atoms with Crippen LogP contribution in [0.25, 0.3) is 11.3 Å². The number of hydrogen-bond donors (Lipinski definition) is 2. The van der Waals surface area contributed by atoms with Gasteiger partial charge in [-0.15, -0.1) is 11.3 Å². The van der Waals surface area contributed by atoms with E-state index < -0.39 is 0 Å². The van der Waals surface area contributed by atoms with Crippen LogP contribution in [-0.2, 0) is 6.54 Å². The largest absolute Gasteiger partial charge is 0.381 e. The number of anilines is 1. The maximum absolute atomic E-state index is 4.49. The summed E-state index contributed by atoms with van der Waals surface area (Å²) in [6.45, 7) is 2.86. The molecule has 19 heavy (non-hydrogen) atoms. The number of thiazole rings is 1. The van der Waals surface area contributed by atoms with E-state index in [0.29, 0.717) is 0 Å². The van der Waals surface area contributed by atoms with Gasteiger partial charge in [0.1, 0.15) is 0 Å². The van der Waals surface area contributed by atoms with Crippen LogP contribution < -0.4 is 5.32 Å². The molecule has 0 radical (unpaired) electrons. The van der Waals surface area contributed by atoms with Gasteiger partial charge in [0.05, 0.1) is 10.7 Å². The molecule has 0 aliphatic rings. The summed E-state index contributed by atoms with van der Waals surface area (Å²) in [6, 6.07) is 10.5. The van der Waals surface area contributed by atoms with Crippen molar-refractivity contribution in [2.45, 2.75) is 13.5 Å². The minimum atomic E-state index is 0.832. The molecule has 2 aromatic heterocycles. The van der Waals surface area contributed by atoms with Crippen LogP contribution in [0.15, 0.2) is 48.1 Å². The maximum atomic E-state index is 4.49. The Bertz CT molecular complexity index is 638. The SMILES string of the molecule is Cc1nc(-c2ccc(NCc3cc[nH]c3)cc2)cs1. The molecule has 2 N–H and O–H groups in total. The zero-order valence-corrected chi connectivity index (χ0v) is 11.5. The number of benzene rings is 1. The standard InChI is InChI=1S/C15H15N3S/c1-11-18-15(10-19-11)13-2-4-14(5-3-13)17-9-12-6-7-16-8-12/h2-8,10,16-17H,9H2,1H3. The van der Waals surface area contributed by atoms with E-state index in [0.717, 1.165) is 28.5 Å². The second kappa shape index (κ2) is 5.28. The van der Waals surface area contributed by atoms with E-state index in [1.807, 2.05) is 19.3 Å². The van der Waals surface area contributed by atoms with Gasteiger partial charge in [-0.2, -0.15) is 0 Å². The molecule has 0 aliphatic heterocycles. The number of aromatic amines is 1. The van der Waals surface area contributed by atoms with Crippen molar-refractivity contribution in [1.29, 1.82) is 0 Å². The van der Waals surface area contributed by atoms with Gasteiger partial charge in [-0.05, 0) is 30.7 Å². The molecule has 3 aromatic rings. The van der Waals surface area contributed by atoms with Crippen LogP contribution in [0, 0.1) is 6.92 Å². The van der Waals surface area contributed by atoms with Gasteiger partial charge in [0.2, 0.25) is 0 Å². The highest BCUT2D eigenvalue weighted by Gasteiger charge is 2.02. The molecule has 1 aromatic carbocycles. The summed E-state index contributed by atoms with van der Waals surface area (Å²) in [4.78, 5) is 7.54. The second-order valence-electron chi connectivity index (χ2n) is 4.40. The van der Waals surface area contributed by atoms with E-state index in [4.69, 9.17) is 0 Å². The summed E-state index contributed by atoms with van der Waals surface area (Å²) in [6.07, 6.45) is 3.93. The van der Waals surface area contributed by atoms with E-state index >= 15 is 0 Å². The molecule has 0 saturated carbocycles. The van der Waals surface area contributed by atoms with Crippen LogP contribution in [-0.4, -0.2) is 9.97 Å². The van der Waals surface area contributed by atoms with Gasteiger partial charge >= 0.3 is 0 Å². The molecule has 3 rings (SSSR count). The fourth-order valence-corrected chi connectivity index (χ4v) is 2.55. The molecule has 3 nitrogen and oxygen atoms in total. The molecule has 0 fully saturated rings. The number of H-pyrrole nitrogens is 1. The first kappa shape index (κ1) is 12.0. The number of aryl methyl sites for hydroxylation is 1. The van der Waals surface area contributed by atoms with Gasteiger partial charge in [-0.1, -0.05) is 12.1 Å². The predicted molar refractivity (Wildman–Crippen MR) is 80.4 cm³/mol. The van der Waals surface area contributed by atoms with Crippen molar-refractivity contribution in [3.05, 3.63) is 58.7 Å². The minimum absolute atomic E-state index is 0.832. The molecule has 0 bridgehead atoms. The Morgan fingerprint density at radius 3 is 2.68 bits per heavy atom. The van der Waals surface area contributed by atoms with Crippen molar-refractivity contribution < 1.29 is 0 Å². The van der Waals surface area contributed by atoms with Crippen LogP contribution in [0.5, 0.6) is 0 Å². The lowest BCUT2D eigenvalue weighted by molar-refractivity contribution is 1.15. The third-order valence-electron chi connectivity index (χ3n) is 2.96. The van der Waals surface area contributed by atoms with Gasteiger partial charge in [-0.25, -0.2) is 4.98 Å². The van der Waals surface area contributed by atoms with Gasteiger partial charge < -0.3 is 10.3 Å². The van der Waals surface area contributed by atoms with E-state index in [-0.39, 0.29) is 0 Å². The van der Waals surface area contributed by atoms with Crippen LogP contribution in [0.1, 0.15) is 10.6 Å². The molecule has 0 aliphatic carbocycles. The van der Waals surface area contributed by atoms with Crippen molar-refractivity contribution in [2.24, 2.45) is 0 Å². The zero-order valence-electron chi connectivity index (χ0n) is 10.7. The Kier molecular flexibility index (Phi) is 3.33. The summed E-state index contributed by atoms with van der Waals surface area (Å²) < 4.78 is 0. The van der Waals surface area contributed by atoms with Crippen LogP contribution in [0.4, 0.5) is 5.69 Å². The molecule has 0 atom stereocenters. The quantitative estimate of drug-likeness (QED) is 0.750. The number of nitrogens with one attached hydrogen (secondary N) is 2. The third-order valence-corrected chi connectivity index (χ3v) is 3.73. The topological polar surface area (TPSA) is 40.7 Å². The molecule has 0 spiro atoms. The Morgan fingerprint density at radius 2 is 2.05 bits per heavy atom. The van der Waals surface area contributed by atoms with Crippen LogP contribution in [0.3, 0.4) is 0 Å². The lowest BCUT2D eigenvalue weighted by atomic mass is 10.1. The Labute approximate surface area is 116 Å². The number of aromatic nitrogens is 2. The first-order valence-corrected chi connectivity index (χ1v) is 7.07. The lowest BCUT2D eigenvalue weighted by Crippen LogP contribution is -1.97. The van der Waals surface area contributed by atoms with Crippen molar-refractivity contribution >= 4 is 17.0 Å². The van der Waals surface area contributed by atoms with Gasteiger partial charge in [0, 0.05) is 35.6 Å². The Balaban J connectivity index is 1.69. The molecule has 2 heterocycles. The van der Waals surface area contributed by atoms with Crippen LogP contribution in [0.2, 0.25) is 0 Å². The van der Waals surface area contributed by atoms with E-state index in [1.54, 1.807) is 11.3 Å². The highest BCUT2D eigenvalue weighted by Crippen LogP contribution is 2.23. The summed E-state index contributed by atoms with van der Waals surface area (Å²) in [5.41, 5.74) is 4.59. The fourth-order valence-electron chi connectivity index (χ4n) is 1.93. The monoisotopic (exact) mass is 269 g/mol. The molecular formula is C15H15N3S. The van der Waals surface area contributed by atoms with Crippen molar-refractivity contribution in [3.8, 4) is 11.3 Å². The molecule has 0 amide bonds. The van der Waals surface area contributed by atoms with Crippen molar-refractivity contribution in [2.75, 3.05) is 5.32 Å². The minimum Gasteiger partial charge on any atom is -0.381 e. The number of nitrogens with zero attached hydrogens (tertiary/aromatic N) is 1. The van der Waals surface area contributed by atoms with Gasteiger partial charge in [0.25, 0.3) is 0 Å². The van der Waals surface area contributed by atoms with E-state index in [9.17, 15) is 0 Å². The summed E-state index contributed by atoms with van der Waals surface area (Å²) in [5.74, 6) is 0. The van der Waals surface area contributed by atoms with Gasteiger partial charge in [0.15, 0.2) is 0 Å². The summed E-state index contributed by atoms with van der Waals surface area (Å²) in [7, 11) is 0. The molecule has 0 saturated heterocycles. The average Bonchev–Trinajstić information content (AvgIpc) is 3.08. The lowest BCUT2D eigenvalue weighted by Gasteiger charge is -2.05. The zero-order chi connectivity index (χ0) is 13.1. The fraction of sp³-hybridized carbons (Fsp3) is 0.133. The van der Waals surface area contributed by atoms with Gasteiger partial charge in [-0.3, -0.25) is 0 Å². The summed E-state index contributed by atoms with van der Waals surface area (Å²) >= 11 is 1.68. The van der Waals surface area contributed by atoms with Crippen LogP contribution >= 0.6 is 11.3 Å². The smallest absolute Gasteiger partial charge is 0.0901 e.